The van der Waals surface area contributed by atoms with Crippen LogP contribution in [0.2, 0.25) is 0 Å². The minimum absolute atomic E-state index is 0.212. The van der Waals surface area contributed by atoms with Crippen molar-refractivity contribution in [2.75, 3.05) is 32.2 Å². The van der Waals surface area contributed by atoms with Gasteiger partial charge in [0.2, 0.25) is 5.91 Å². The quantitative estimate of drug-likeness (QED) is 0.671. The van der Waals surface area contributed by atoms with Crippen LogP contribution in [0, 0.1) is 0 Å². The number of carbonyl (C=O) groups excluding carboxylic acids is 2. The van der Waals surface area contributed by atoms with Crippen molar-refractivity contribution in [2.24, 2.45) is 0 Å². The summed E-state index contributed by atoms with van der Waals surface area (Å²) >= 11 is 1.29. The second kappa shape index (κ2) is 5.85. The molecule has 5 nitrogen and oxygen atoms in total. The number of amides is 2. The Balaban J connectivity index is 2.24. The number of methoxy groups -OCH3 is 1. The number of nitrogens with one attached hydrogen (secondary N) is 1. The minimum Gasteiger partial charge on any atom is -0.383 e. The van der Waals surface area contributed by atoms with Crippen molar-refractivity contribution in [2.45, 2.75) is 16.6 Å². The molecular weight excluding hydrogens is 276 g/mol. The van der Waals surface area contributed by atoms with Gasteiger partial charge in [0.05, 0.1) is 12.3 Å². The average molecular weight is 294 g/mol. The van der Waals surface area contributed by atoms with Crippen LogP contribution in [-0.2, 0) is 14.3 Å². The Morgan fingerprint density at radius 1 is 1.45 bits per heavy atom. The second-order valence-electron chi connectivity index (χ2n) is 4.72. The van der Waals surface area contributed by atoms with Crippen LogP contribution in [0.5, 0.6) is 0 Å². The summed E-state index contributed by atoms with van der Waals surface area (Å²) in [6.07, 6.45) is 0. The van der Waals surface area contributed by atoms with Crippen LogP contribution in [0.4, 0.5) is 5.69 Å². The molecule has 0 saturated carbocycles. The van der Waals surface area contributed by atoms with Crippen LogP contribution < -0.4 is 10.2 Å². The lowest BCUT2D eigenvalue weighted by Crippen LogP contribution is -2.55. The summed E-state index contributed by atoms with van der Waals surface area (Å²) in [7, 11) is 3.26. The molecular formula is C14H18N2O3S. The molecule has 0 fully saturated rings. The Hall–Kier alpha value is -1.53. The Morgan fingerprint density at radius 2 is 2.15 bits per heavy atom. The van der Waals surface area contributed by atoms with E-state index in [1.54, 1.807) is 26.0 Å². The molecule has 0 saturated heterocycles. The Labute approximate surface area is 122 Å². The first kappa shape index (κ1) is 14.9. The fourth-order valence-electron chi connectivity index (χ4n) is 2.09. The molecule has 6 heteroatoms. The molecule has 0 aliphatic carbocycles. The van der Waals surface area contributed by atoms with Crippen LogP contribution in [0.1, 0.15) is 6.92 Å². The summed E-state index contributed by atoms with van der Waals surface area (Å²) in [5.74, 6) is -0.498. The summed E-state index contributed by atoms with van der Waals surface area (Å²) in [6.45, 7) is 2.48. The number of rotatable bonds is 4. The van der Waals surface area contributed by atoms with Crippen LogP contribution in [0.15, 0.2) is 29.2 Å². The Kier molecular flexibility index (Phi) is 4.35. The predicted octanol–water partition coefficient (Wildman–Crippen LogP) is 1.28. The normalized spacial score (nSPS) is 21.6. The largest absolute Gasteiger partial charge is 0.383 e. The van der Waals surface area contributed by atoms with E-state index >= 15 is 0 Å². The van der Waals surface area contributed by atoms with Gasteiger partial charge in [0.15, 0.2) is 4.75 Å². The predicted molar refractivity (Wildman–Crippen MR) is 79.0 cm³/mol. The van der Waals surface area contributed by atoms with Gasteiger partial charge in [0.1, 0.15) is 0 Å². The summed E-state index contributed by atoms with van der Waals surface area (Å²) in [4.78, 5) is 27.3. The zero-order valence-corrected chi connectivity index (χ0v) is 12.6. The van der Waals surface area contributed by atoms with E-state index in [9.17, 15) is 9.59 Å². The standard InChI is InChI=1S/C14H18N2O3S/c1-14(12(17)15-8-9-19-3)13(18)16(2)10-6-4-5-7-11(10)20-14/h4-7H,8-9H2,1-3H3,(H,15,17)/t14-/m1/s1. The van der Waals surface area contributed by atoms with Gasteiger partial charge >= 0.3 is 0 Å². The average Bonchev–Trinajstić information content (AvgIpc) is 2.45. The van der Waals surface area contributed by atoms with Crippen molar-refractivity contribution in [1.29, 1.82) is 0 Å². The van der Waals surface area contributed by atoms with Gasteiger partial charge in [-0.05, 0) is 19.1 Å². The van der Waals surface area contributed by atoms with Gasteiger partial charge in [-0.25, -0.2) is 0 Å². The summed E-state index contributed by atoms with van der Waals surface area (Å²) in [5.41, 5.74) is 0.838. The van der Waals surface area contributed by atoms with E-state index in [0.29, 0.717) is 13.2 Å². The molecule has 0 bridgehead atoms. The first-order valence-corrected chi connectivity index (χ1v) is 7.16. The lowest BCUT2D eigenvalue weighted by Gasteiger charge is -2.36. The molecule has 20 heavy (non-hydrogen) atoms. The van der Waals surface area contributed by atoms with Crippen LogP contribution in [0.25, 0.3) is 0 Å². The highest BCUT2D eigenvalue weighted by molar-refractivity contribution is 8.02. The molecule has 0 spiro atoms. The fraction of sp³-hybridized carbons (Fsp3) is 0.429. The fourth-order valence-corrected chi connectivity index (χ4v) is 3.38. The molecule has 0 radical (unpaired) electrons. The van der Waals surface area contributed by atoms with Gasteiger partial charge in [-0.1, -0.05) is 23.9 Å². The van der Waals surface area contributed by atoms with E-state index in [4.69, 9.17) is 4.74 Å². The molecule has 1 heterocycles. The van der Waals surface area contributed by atoms with Crippen molar-refractivity contribution < 1.29 is 14.3 Å². The number of ether oxygens (including phenoxy) is 1. The van der Waals surface area contributed by atoms with Gasteiger partial charge in [0, 0.05) is 25.6 Å². The lowest BCUT2D eigenvalue weighted by atomic mass is 10.1. The molecule has 1 N–H and O–H groups in total. The molecule has 1 aromatic carbocycles. The first-order valence-electron chi connectivity index (χ1n) is 6.34. The maximum atomic E-state index is 12.5. The maximum Gasteiger partial charge on any atom is 0.252 e. The highest BCUT2D eigenvalue weighted by Gasteiger charge is 2.47. The minimum atomic E-state index is -1.14. The van der Waals surface area contributed by atoms with Crippen molar-refractivity contribution in [3.8, 4) is 0 Å². The Morgan fingerprint density at radius 3 is 2.85 bits per heavy atom. The van der Waals surface area contributed by atoms with Crippen molar-refractivity contribution in [1.82, 2.24) is 5.32 Å². The number of para-hydroxylation sites is 1. The van der Waals surface area contributed by atoms with Gasteiger partial charge in [-0.2, -0.15) is 0 Å². The van der Waals surface area contributed by atoms with E-state index in [-0.39, 0.29) is 11.8 Å². The third-order valence-corrected chi connectivity index (χ3v) is 4.61. The van der Waals surface area contributed by atoms with E-state index < -0.39 is 4.75 Å². The first-order chi connectivity index (χ1) is 9.50. The van der Waals surface area contributed by atoms with Gasteiger partial charge < -0.3 is 15.0 Å². The SMILES string of the molecule is COCCNC(=O)[C@@]1(C)Sc2ccccc2N(C)C1=O. The van der Waals surface area contributed by atoms with Gasteiger partial charge in [-0.3, -0.25) is 9.59 Å². The molecule has 1 atom stereocenters. The van der Waals surface area contributed by atoms with Crippen molar-refractivity contribution >= 4 is 29.3 Å². The van der Waals surface area contributed by atoms with Crippen LogP contribution >= 0.6 is 11.8 Å². The number of nitrogens with zero attached hydrogens (tertiary/aromatic N) is 1. The second-order valence-corrected chi connectivity index (χ2v) is 6.18. The van der Waals surface area contributed by atoms with Crippen molar-refractivity contribution in [3.63, 3.8) is 0 Å². The number of anilines is 1. The molecule has 1 aliphatic heterocycles. The zero-order chi connectivity index (χ0) is 14.8. The number of hydrogen-bond donors (Lipinski definition) is 1. The van der Waals surface area contributed by atoms with E-state index in [2.05, 4.69) is 5.32 Å². The smallest absolute Gasteiger partial charge is 0.252 e. The molecule has 0 aromatic heterocycles. The van der Waals surface area contributed by atoms with Crippen LogP contribution in [-0.4, -0.2) is 43.9 Å². The van der Waals surface area contributed by atoms with E-state index in [0.717, 1.165) is 10.6 Å². The number of benzene rings is 1. The highest BCUT2D eigenvalue weighted by atomic mass is 32.2. The number of carbonyl (C=O) groups is 2. The third-order valence-electron chi connectivity index (χ3n) is 3.28. The van der Waals surface area contributed by atoms with Crippen molar-refractivity contribution in [3.05, 3.63) is 24.3 Å². The molecule has 1 aromatic rings. The molecule has 2 amide bonds. The van der Waals surface area contributed by atoms with Gasteiger partial charge in [0.25, 0.3) is 5.91 Å². The highest BCUT2D eigenvalue weighted by Crippen LogP contribution is 2.44. The molecule has 1 aliphatic rings. The molecule has 108 valence electrons. The summed E-state index contributed by atoms with van der Waals surface area (Å²) in [5, 5.41) is 2.74. The topological polar surface area (TPSA) is 58.6 Å². The monoisotopic (exact) mass is 294 g/mol. The third kappa shape index (κ3) is 2.53. The van der Waals surface area contributed by atoms with Gasteiger partial charge in [-0.15, -0.1) is 0 Å². The molecule has 0 unspecified atom stereocenters. The number of fused-ring (bicyclic) bond motifs is 1. The summed E-state index contributed by atoms with van der Waals surface area (Å²) in [6, 6.07) is 7.58. The van der Waals surface area contributed by atoms with E-state index in [1.807, 2.05) is 24.3 Å². The number of thioether (sulfide) groups is 1. The maximum absolute atomic E-state index is 12.5. The summed E-state index contributed by atoms with van der Waals surface area (Å²) < 4.78 is 3.76. The lowest BCUT2D eigenvalue weighted by molar-refractivity contribution is -0.131. The van der Waals surface area contributed by atoms with Crippen LogP contribution in [0.3, 0.4) is 0 Å². The number of hydrogen-bond acceptors (Lipinski definition) is 4. The zero-order valence-electron chi connectivity index (χ0n) is 11.8. The molecule has 2 rings (SSSR count). The Bertz CT molecular complexity index is 535. The van der Waals surface area contributed by atoms with E-state index in [1.165, 1.54) is 11.8 Å².